The Hall–Kier alpha value is -2.90. The molecule has 2 aromatic rings. The molecule has 0 saturated carbocycles. The van der Waals surface area contributed by atoms with Crippen LogP contribution < -0.4 is 0 Å². The summed E-state index contributed by atoms with van der Waals surface area (Å²) in [6.45, 7) is 7.01. The maximum atomic E-state index is 11.6. The predicted octanol–water partition coefficient (Wildman–Crippen LogP) is 2.24. The van der Waals surface area contributed by atoms with Gasteiger partial charge in [-0.05, 0) is 27.7 Å². The quantitative estimate of drug-likeness (QED) is 0.585. The fraction of sp³-hybridized carbons (Fsp3) is 0.375. The van der Waals surface area contributed by atoms with Crippen molar-refractivity contribution in [1.29, 1.82) is 0 Å². The summed E-state index contributed by atoms with van der Waals surface area (Å²) in [5.74, 6) is -0.153. The van der Waals surface area contributed by atoms with Crippen LogP contribution in [0.2, 0.25) is 0 Å². The number of hydrogen-bond acceptors (Lipinski definition) is 8. The van der Waals surface area contributed by atoms with Crippen LogP contribution in [0.4, 0.5) is 0 Å². The Morgan fingerprint density at radius 3 is 1.50 bits per heavy atom. The van der Waals surface area contributed by atoms with E-state index in [4.69, 9.17) is 18.5 Å². The predicted molar refractivity (Wildman–Crippen MR) is 80.7 cm³/mol. The van der Waals surface area contributed by atoms with Gasteiger partial charge in [0.2, 0.25) is 0 Å². The number of ether oxygens (including phenoxy) is 2. The second kappa shape index (κ2) is 7.58. The Kier molecular flexibility index (Phi) is 5.51. The zero-order valence-electron chi connectivity index (χ0n) is 13.9. The SMILES string of the molecule is Cc1noc(C)c1COC(=O)/C=C/C(=O)OCc1c(C)noc1C. The second-order valence-electron chi connectivity index (χ2n) is 5.15. The summed E-state index contributed by atoms with van der Waals surface area (Å²) in [6, 6.07) is 0. The summed E-state index contributed by atoms with van der Waals surface area (Å²) in [5.41, 5.74) is 2.72. The van der Waals surface area contributed by atoms with Crippen LogP contribution in [0.15, 0.2) is 21.2 Å². The molecule has 2 rings (SSSR count). The van der Waals surface area contributed by atoms with Crippen LogP contribution in [0.25, 0.3) is 0 Å². The number of carbonyl (C=O) groups is 2. The van der Waals surface area contributed by atoms with Crippen molar-refractivity contribution in [3.63, 3.8) is 0 Å². The van der Waals surface area contributed by atoms with Crippen LogP contribution in [-0.2, 0) is 32.3 Å². The van der Waals surface area contributed by atoms with Crippen LogP contribution in [-0.4, -0.2) is 22.3 Å². The molecule has 0 aromatic carbocycles. The topological polar surface area (TPSA) is 105 Å². The maximum Gasteiger partial charge on any atom is 0.331 e. The van der Waals surface area contributed by atoms with Crippen LogP contribution in [0.5, 0.6) is 0 Å². The van der Waals surface area contributed by atoms with E-state index in [-0.39, 0.29) is 13.2 Å². The van der Waals surface area contributed by atoms with Gasteiger partial charge in [0.1, 0.15) is 24.7 Å². The first-order valence-electron chi connectivity index (χ1n) is 7.23. The number of rotatable bonds is 6. The molecule has 24 heavy (non-hydrogen) atoms. The third kappa shape index (κ3) is 4.31. The van der Waals surface area contributed by atoms with Crippen molar-refractivity contribution in [2.45, 2.75) is 40.9 Å². The summed E-state index contributed by atoms with van der Waals surface area (Å²) in [4.78, 5) is 23.2. The molecule has 0 bridgehead atoms. The van der Waals surface area contributed by atoms with E-state index in [1.54, 1.807) is 27.7 Å². The smallest absolute Gasteiger partial charge is 0.331 e. The Morgan fingerprint density at radius 2 is 1.21 bits per heavy atom. The van der Waals surface area contributed by atoms with Gasteiger partial charge in [0.15, 0.2) is 0 Å². The zero-order valence-corrected chi connectivity index (χ0v) is 13.9. The number of nitrogens with zero attached hydrogens (tertiary/aromatic N) is 2. The Morgan fingerprint density at radius 1 is 0.833 bits per heavy atom. The summed E-state index contributed by atoms with van der Waals surface area (Å²) in [7, 11) is 0. The van der Waals surface area contributed by atoms with E-state index in [0.717, 1.165) is 12.2 Å². The van der Waals surface area contributed by atoms with Gasteiger partial charge in [-0.2, -0.15) is 0 Å². The molecule has 0 spiro atoms. The minimum Gasteiger partial charge on any atom is -0.457 e. The first-order valence-corrected chi connectivity index (χ1v) is 7.23. The van der Waals surface area contributed by atoms with Gasteiger partial charge in [0, 0.05) is 12.2 Å². The van der Waals surface area contributed by atoms with Gasteiger partial charge in [0.25, 0.3) is 0 Å². The normalized spacial score (nSPS) is 11.0. The van der Waals surface area contributed by atoms with E-state index in [1.807, 2.05) is 0 Å². The molecule has 8 nitrogen and oxygen atoms in total. The zero-order chi connectivity index (χ0) is 17.7. The molecule has 0 fully saturated rings. The number of hydrogen-bond donors (Lipinski definition) is 0. The van der Waals surface area contributed by atoms with Crippen molar-refractivity contribution in [2.24, 2.45) is 0 Å². The van der Waals surface area contributed by atoms with Crippen LogP contribution in [0.1, 0.15) is 34.0 Å². The van der Waals surface area contributed by atoms with Crippen molar-refractivity contribution in [3.05, 3.63) is 46.2 Å². The fourth-order valence-electron chi connectivity index (χ4n) is 1.93. The van der Waals surface area contributed by atoms with E-state index in [0.29, 0.717) is 34.0 Å². The number of esters is 2. The summed E-state index contributed by atoms with van der Waals surface area (Å²) < 4.78 is 20.0. The first-order chi connectivity index (χ1) is 11.4. The fourth-order valence-corrected chi connectivity index (χ4v) is 1.93. The van der Waals surface area contributed by atoms with E-state index in [1.165, 1.54) is 0 Å². The molecule has 2 heterocycles. The number of carbonyl (C=O) groups excluding carboxylic acids is 2. The molecule has 0 N–H and O–H groups in total. The largest absolute Gasteiger partial charge is 0.457 e. The standard InChI is InChI=1S/C16H18N2O6/c1-9-13(11(3)23-17-9)7-21-15(19)5-6-16(20)22-8-14-10(2)18-24-12(14)4/h5-6H,7-8H2,1-4H3/b6-5+. The van der Waals surface area contributed by atoms with Gasteiger partial charge in [0.05, 0.1) is 22.5 Å². The third-order valence-electron chi connectivity index (χ3n) is 3.44. The molecule has 8 heteroatoms. The molecule has 0 aliphatic heterocycles. The van der Waals surface area contributed by atoms with Gasteiger partial charge in [-0.15, -0.1) is 0 Å². The lowest BCUT2D eigenvalue weighted by molar-refractivity contribution is -0.141. The third-order valence-corrected chi connectivity index (χ3v) is 3.44. The lowest BCUT2D eigenvalue weighted by atomic mass is 10.2. The van der Waals surface area contributed by atoms with Crippen LogP contribution in [0, 0.1) is 27.7 Å². The molecule has 0 amide bonds. The Labute approximate surface area is 138 Å². The molecule has 128 valence electrons. The number of aryl methyl sites for hydroxylation is 4. The highest BCUT2D eigenvalue weighted by atomic mass is 16.5. The van der Waals surface area contributed by atoms with Gasteiger partial charge in [-0.25, -0.2) is 9.59 Å². The average Bonchev–Trinajstić information content (AvgIpc) is 3.03. The molecule has 0 atom stereocenters. The van der Waals surface area contributed by atoms with Gasteiger partial charge in [-0.1, -0.05) is 10.3 Å². The van der Waals surface area contributed by atoms with Crippen LogP contribution in [0.3, 0.4) is 0 Å². The second-order valence-corrected chi connectivity index (χ2v) is 5.15. The van der Waals surface area contributed by atoms with Crippen molar-refractivity contribution in [2.75, 3.05) is 0 Å². The molecule has 0 saturated heterocycles. The van der Waals surface area contributed by atoms with Crippen molar-refractivity contribution in [3.8, 4) is 0 Å². The summed E-state index contributed by atoms with van der Waals surface area (Å²) in [5, 5.41) is 7.52. The van der Waals surface area contributed by atoms with E-state index >= 15 is 0 Å². The Bertz CT molecular complexity index is 668. The number of aromatic nitrogens is 2. The molecular formula is C16H18N2O6. The monoisotopic (exact) mass is 334 g/mol. The Balaban J connectivity index is 1.80. The maximum absolute atomic E-state index is 11.6. The van der Waals surface area contributed by atoms with Crippen molar-refractivity contribution >= 4 is 11.9 Å². The summed E-state index contributed by atoms with van der Waals surface area (Å²) >= 11 is 0. The first kappa shape index (κ1) is 17.5. The lowest BCUT2D eigenvalue weighted by Crippen LogP contribution is -2.06. The van der Waals surface area contributed by atoms with Gasteiger partial charge < -0.3 is 18.5 Å². The van der Waals surface area contributed by atoms with Crippen LogP contribution >= 0.6 is 0 Å². The highest BCUT2D eigenvalue weighted by Gasteiger charge is 2.12. The van der Waals surface area contributed by atoms with E-state index in [2.05, 4.69) is 10.3 Å². The highest BCUT2D eigenvalue weighted by molar-refractivity contribution is 5.91. The molecule has 0 radical (unpaired) electrons. The molecule has 0 unspecified atom stereocenters. The molecule has 2 aromatic heterocycles. The van der Waals surface area contributed by atoms with Crippen molar-refractivity contribution in [1.82, 2.24) is 10.3 Å². The minimum absolute atomic E-state index is 0.0263. The minimum atomic E-state index is -0.663. The van der Waals surface area contributed by atoms with E-state index < -0.39 is 11.9 Å². The van der Waals surface area contributed by atoms with Gasteiger partial charge in [-0.3, -0.25) is 0 Å². The van der Waals surface area contributed by atoms with E-state index in [9.17, 15) is 9.59 Å². The highest BCUT2D eigenvalue weighted by Crippen LogP contribution is 2.14. The molecular weight excluding hydrogens is 316 g/mol. The van der Waals surface area contributed by atoms with Crippen molar-refractivity contribution < 1.29 is 28.1 Å². The average molecular weight is 334 g/mol. The summed E-state index contributed by atoms with van der Waals surface area (Å²) in [6.07, 6.45) is 2.02. The molecule has 0 aliphatic carbocycles. The molecule has 0 aliphatic rings. The lowest BCUT2D eigenvalue weighted by Gasteiger charge is -2.02. The van der Waals surface area contributed by atoms with Gasteiger partial charge >= 0.3 is 11.9 Å².